The smallest absolute Gasteiger partial charge is 0.374 e. The van der Waals surface area contributed by atoms with Gasteiger partial charge in [-0.2, -0.15) is 5.10 Å². The molecule has 26 heavy (non-hydrogen) atoms. The van der Waals surface area contributed by atoms with Crippen LogP contribution >= 0.6 is 0 Å². The summed E-state index contributed by atoms with van der Waals surface area (Å²) in [6.45, 7) is 4.27. The van der Waals surface area contributed by atoms with Gasteiger partial charge in [0.25, 0.3) is 0 Å². The van der Waals surface area contributed by atoms with E-state index in [1.165, 1.54) is 6.07 Å². The van der Waals surface area contributed by atoms with Crippen molar-refractivity contribution in [3.8, 4) is 0 Å². The first kappa shape index (κ1) is 17.7. The van der Waals surface area contributed by atoms with E-state index in [1.807, 2.05) is 12.1 Å². The van der Waals surface area contributed by atoms with Crippen LogP contribution in [0.4, 0.5) is 0 Å². The maximum atomic E-state index is 12.2. The zero-order valence-electron chi connectivity index (χ0n) is 14.7. The molecule has 0 N–H and O–H groups in total. The number of aromatic nitrogens is 2. The molecule has 3 aromatic rings. The van der Waals surface area contributed by atoms with Gasteiger partial charge in [-0.25, -0.2) is 4.79 Å². The summed E-state index contributed by atoms with van der Waals surface area (Å²) in [6.07, 6.45) is 3.46. The van der Waals surface area contributed by atoms with Crippen molar-refractivity contribution < 1.29 is 18.7 Å². The Bertz CT molecular complexity index is 877. The number of ether oxygens (including phenoxy) is 1. The van der Waals surface area contributed by atoms with Gasteiger partial charge in [0, 0.05) is 18.0 Å². The van der Waals surface area contributed by atoms with Gasteiger partial charge in [-0.3, -0.25) is 9.48 Å². The summed E-state index contributed by atoms with van der Waals surface area (Å²) >= 11 is 0. The van der Waals surface area contributed by atoms with Crippen molar-refractivity contribution in [3.63, 3.8) is 0 Å². The van der Waals surface area contributed by atoms with Crippen LogP contribution in [0.25, 0.3) is 0 Å². The molecule has 0 saturated carbocycles. The van der Waals surface area contributed by atoms with E-state index in [9.17, 15) is 9.59 Å². The Hall–Kier alpha value is -3.15. The SMILES string of the molecule is CC(C)c1ccc(C(=O)COC(=O)c2ccc(Cn3cccn3)o2)cc1. The highest BCUT2D eigenvalue weighted by molar-refractivity contribution is 5.98. The van der Waals surface area contributed by atoms with Gasteiger partial charge in [-0.15, -0.1) is 0 Å². The molecule has 6 nitrogen and oxygen atoms in total. The van der Waals surface area contributed by atoms with Crippen molar-refractivity contribution >= 4 is 11.8 Å². The highest BCUT2D eigenvalue weighted by atomic mass is 16.5. The second-order valence-corrected chi connectivity index (χ2v) is 6.25. The third kappa shape index (κ3) is 4.27. The summed E-state index contributed by atoms with van der Waals surface area (Å²) in [7, 11) is 0. The zero-order chi connectivity index (χ0) is 18.5. The molecule has 0 unspecified atom stereocenters. The van der Waals surface area contributed by atoms with Crippen LogP contribution in [0.15, 0.2) is 59.3 Å². The molecule has 0 fully saturated rings. The first-order chi connectivity index (χ1) is 12.5. The Morgan fingerprint density at radius 2 is 1.92 bits per heavy atom. The maximum Gasteiger partial charge on any atom is 0.374 e. The number of esters is 1. The van der Waals surface area contributed by atoms with Crippen molar-refractivity contribution in [2.45, 2.75) is 26.3 Å². The van der Waals surface area contributed by atoms with Gasteiger partial charge in [0.05, 0.1) is 6.54 Å². The molecule has 0 aliphatic heterocycles. The molecule has 134 valence electrons. The predicted molar refractivity (Wildman–Crippen MR) is 95.2 cm³/mol. The van der Waals surface area contributed by atoms with E-state index in [2.05, 4.69) is 18.9 Å². The van der Waals surface area contributed by atoms with E-state index in [4.69, 9.17) is 9.15 Å². The minimum absolute atomic E-state index is 0.0649. The van der Waals surface area contributed by atoms with E-state index < -0.39 is 5.97 Å². The number of Topliss-reactive ketones (excluding diaryl/α,β-unsaturated/α-hetero) is 1. The third-order valence-electron chi connectivity index (χ3n) is 3.97. The Labute approximate surface area is 151 Å². The van der Waals surface area contributed by atoms with Crippen LogP contribution in [-0.2, 0) is 11.3 Å². The van der Waals surface area contributed by atoms with Crippen molar-refractivity contribution in [1.82, 2.24) is 9.78 Å². The molecule has 0 aliphatic rings. The number of nitrogens with zero attached hydrogens (tertiary/aromatic N) is 2. The topological polar surface area (TPSA) is 74.3 Å². The van der Waals surface area contributed by atoms with Gasteiger partial charge in [-0.05, 0) is 29.7 Å². The van der Waals surface area contributed by atoms with Crippen LogP contribution < -0.4 is 0 Å². The summed E-state index contributed by atoms with van der Waals surface area (Å²) in [6, 6.07) is 12.3. The fraction of sp³-hybridized carbons (Fsp3) is 0.250. The Kier molecular flexibility index (Phi) is 5.31. The van der Waals surface area contributed by atoms with Crippen LogP contribution in [0.3, 0.4) is 0 Å². The molecular formula is C20H20N2O4. The quantitative estimate of drug-likeness (QED) is 0.479. The van der Waals surface area contributed by atoms with Crippen LogP contribution in [-0.4, -0.2) is 28.1 Å². The molecule has 6 heteroatoms. The molecule has 0 bridgehead atoms. The highest BCUT2D eigenvalue weighted by Crippen LogP contribution is 2.15. The molecule has 0 radical (unpaired) electrons. The molecule has 0 spiro atoms. The minimum atomic E-state index is -0.663. The fourth-order valence-electron chi connectivity index (χ4n) is 2.47. The largest absolute Gasteiger partial charge is 0.452 e. The number of rotatable bonds is 7. The lowest BCUT2D eigenvalue weighted by atomic mass is 10.0. The number of hydrogen-bond acceptors (Lipinski definition) is 5. The summed E-state index contributed by atoms with van der Waals surface area (Å²) in [5.41, 5.74) is 1.67. The molecule has 0 amide bonds. The molecule has 0 atom stereocenters. The Morgan fingerprint density at radius 3 is 2.58 bits per heavy atom. The molecule has 2 heterocycles. The lowest BCUT2D eigenvalue weighted by Crippen LogP contribution is -2.14. The monoisotopic (exact) mass is 352 g/mol. The van der Waals surface area contributed by atoms with Gasteiger partial charge >= 0.3 is 5.97 Å². The van der Waals surface area contributed by atoms with E-state index in [0.717, 1.165) is 5.56 Å². The normalized spacial score (nSPS) is 10.9. The van der Waals surface area contributed by atoms with Crippen molar-refractivity contribution in [1.29, 1.82) is 0 Å². The Balaban J connectivity index is 1.55. The number of ketones is 1. The van der Waals surface area contributed by atoms with Gasteiger partial charge in [-0.1, -0.05) is 38.1 Å². The second kappa shape index (κ2) is 7.82. The zero-order valence-corrected chi connectivity index (χ0v) is 14.7. The standard InChI is InChI=1S/C20H20N2O4/c1-14(2)15-4-6-16(7-5-15)18(23)13-25-20(24)19-9-8-17(26-19)12-22-11-3-10-21-22/h3-11,14H,12-13H2,1-2H3. The molecule has 1 aromatic carbocycles. The number of carbonyl (C=O) groups excluding carboxylic acids is 2. The summed E-state index contributed by atoms with van der Waals surface area (Å²) in [5.74, 6) is 0.124. The first-order valence-electron chi connectivity index (χ1n) is 8.39. The number of carbonyl (C=O) groups is 2. The summed E-state index contributed by atoms with van der Waals surface area (Å²) in [5, 5.41) is 4.07. The van der Waals surface area contributed by atoms with Gasteiger partial charge in [0.15, 0.2) is 12.4 Å². The lowest BCUT2D eigenvalue weighted by molar-refractivity contribution is 0.0442. The summed E-state index contributed by atoms with van der Waals surface area (Å²) in [4.78, 5) is 24.2. The molecule has 3 rings (SSSR count). The van der Waals surface area contributed by atoms with Gasteiger partial charge in [0.1, 0.15) is 5.76 Å². The van der Waals surface area contributed by atoms with Crippen LogP contribution in [0.1, 0.15) is 52.0 Å². The average Bonchev–Trinajstić information content (AvgIpc) is 3.32. The van der Waals surface area contributed by atoms with Gasteiger partial charge < -0.3 is 9.15 Å². The number of hydrogen-bond donors (Lipinski definition) is 0. The lowest BCUT2D eigenvalue weighted by Gasteiger charge is -2.06. The second-order valence-electron chi connectivity index (χ2n) is 6.25. The average molecular weight is 352 g/mol. The molecule has 0 aliphatic carbocycles. The summed E-state index contributed by atoms with van der Waals surface area (Å²) < 4.78 is 12.2. The maximum absolute atomic E-state index is 12.2. The van der Waals surface area contributed by atoms with Gasteiger partial charge in [0.2, 0.25) is 5.76 Å². The number of furan rings is 1. The van der Waals surface area contributed by atoms with Crippen molar-refractivity contribution in [2.75, 3.05) is 6.61 Å². The highest BCUT2D eigenvalue weighted by Gasteiger charge is 2.16. The van der Waals surface area contributed by atoms with Crippen molar-refractivity contribution in [3.05, 3.63) is 77.5 Å². The molecule has 2 aromatic heterocycles. The van der Waals surface area contributed by atoms with Crippen LogP contribution in [0.5, 0.6) is 0 Å². The fourth-order valence-corrected chi connectivity index (χ4v) is 2.47. The predicted octanol–water partition coefficient (Wildman–Crippen LogP) is 3.69. The molecule has 0 saturated heterocycles. The molecular weight excluding hydrogens is 332 g/mol. The first-order valence-corrected chi connectivity index (χ1v) is 8.39. The van der Waals surface area contributed by atoms with Crippen molar-refractivity contribution in [2.24, 2.45) is 0 Å². The van der Waals surface area contributed by atoms with E-state index in [0.29, 0.717) is 23.8 Å². The van der Waals surface area contributed by atoms with E-state index in [1.54, 1.807) is 41.3 Å². The minimum Gasteiger partial charge on any atom is -0.452 e. The Morgan fingerprint density at radius 1 is 1.15 bits per heavy atom. The van der Waals surface area contributed by atoms with E-state index in [-0.39, 0.29) is 18.2 Å². The third-order valence-corrected chi connectivity index (χ3v) is 3.97. The number of benzene rings is 1. The van der Waals surface area contributed by atoms with E-state index >= 15 is 0 Å². The van der Waals surface area contributed by atoms with Crippen LogP contribution in [0, 0.1) is 0 Å². The van der Waals surface area contributed by atoms with Crippen LogP contribution in [0.2, 0.25) is 0 Å².